The van der Waals surface area contributed by atoms with Crippen molar-refractivity contribution in [1.82, 2.24) is 0 Å². The van der Waals surface area contributed by atoms with Crippen LogP contribution in [0.25, 0.3) is 0 Å². The van der Waals surface area contributed by atoms with E-state index in [2.05, 4.69) is 45.4 Å². The van der Waals surface area contributed by atoms with Gasteiger partial charge in [0.25, 0.3) is 0 Å². The van der Waals surface area contributed by atoms with Gasteiger partial charge in [0.2, 0.25) is 0 Å². The van der Waals surface area contributed by atoms with Crippen LogP contribution in [-0.4, -0.2) is 0 Å². The monoisotopic (exact) mass is 184 g/mol. The molecule has 0 N–H and O–H groups in total. The van der Waals surface area contributed by atoms with Crippen LogP contribution >= 0.6 is 0 Å². The minimum absolute atomic E-state index is 0.965. The Balaban J connectivity index is 3.24. The summed E-state index contributed by atoms with van der Waals surface area (Å²) in [5.74, 6) is 0. The molecular weight excluding hydrogens is 168 g/mol. The number of rotatable bonds is 3. The van der Waals surface area contributed by atoms with Crippen LogP contribution in [0.2, 0.25) is 0 Å². The van der Waals surface area contributed by atoms with Crippen LogP contribution in [-0.2, 0) is 0 Å². The highest BCUT2D eigenvalue weighted by Crippen LogP contribution is 2.34. The molecule has 1 aliphatic carbocycles. The molecule has 0 fully saturated rings. The fourth-order valence-electron chi connectivity index (χ4n) is 1.65. The van der Waals surface area contributed by atoms with Crippen molar-refractivity contribution in [1.29, 1.82) is 0 Å². The van der Waals surface area contributed by atoms with Crippen molar-refractivity contribution in [2.45, 2.75) is 20.3 Å². The third kappa shape index (κ3) is 1.57. The second-order valence-electron chi connectivity index (χ2n) is 3.33. The Morgan fingerprint density at radius 1 is 1.57 bits per heavy atom. The summed E-state index contributed by atoms with van der Waals surface area (Å²) >= 11 is 0. The standard InChI is InChI=1S/C14H16/c1-6-12(7-2)14-9-13(8-3)10(4)11(14)5/h6,9H,1-2,4,8H2,3,5H3. The van der Waals surface area contributed by atoms with Gasteiger partial charge in [-0.3, -0.25) is 0 Å². The van der Waals surface area contributed by atoms with Gasteiger partial charge in [0, 0.05) is 5.57 Å². The maximum Gasteiger partial charge on any atom is 0.0227 e. The van der Waals surface area contributed by atoms with Crippen molar-refractivity contribution >= 4 is 0 Å². The predicted molar refractivity (Wildman–Crippen MR) is 63.1 cm³/mol. The van der Waals surface area contributed by atoms with Crippen molar-refractivity contribution in [3.63, 3.8) is 0 Å². The minimum Gasteiger partial charge on any atom is -0.120 e. The fourth-order valence-corrected chi connectivity index (χ4v) is 1.65. The summed E-state index contributed by atoms with van der Waals surface area (Å²) in [4.78, 5) is 0. The first-order valence-corrected chi connectivity index (χ1v) is 4.79. The van der Waals surface area contributed by atoms with E-state index in [-0.39, 0.29) is 0 Å². The lowest BCUT2D eigenvalue weighted by Gasteiger charge is -2.02. The van der Waals surface area contributed by atoms with Crippen LogP contribution in [0, 0.1) is 0 Å². The zero-order chi connectivity index (χ0) is 10.7. The van der Waals surface area contributed by atoms with E-state index in [9.17, 15) is 0 Å². The van der Waals surface area contributed by atoms with Crippen LogP contribution in [0.15, 0.2) is 65.5 Å². The Morgan fingerprint density at radius 2 is 2.21 bits per heavy atom. The first kappa shape index (κ1) is 10.6. The molecule has 0 aliphatic heterocycles. The summed E-state index contributed by atoms with van der Waals surface area (Å²) in [6.07, 6.45) is 4.96. The molecule has 0 heterocycles. The van der Waals surface area contributed by atoms with Gasteiger partial charge in [-0.25, -0.2) is 0 Å². The molecule has 14 heavy (non-hydrogen) atoms. The van der Waals surface area contributed by atoms with Crippen LogP contribution < -0.4 is 0 Å². The van der Waals surface area contributed by atoms with Gasteiger partial charge < -0.3 is 0 Å². The highest BCUT2D eigenvalue weighted by molar-refractivity contribution is 5.64. The van der Waals surface area contributed by atoms with Crippen molar-refractivity contribution in [2.75, 3.05) is 0 Å². The van der Waals surface area contributed by atoms with Crippen LogP contribution in [0.1, 0.15) is 20.3 Å². The van der Waals surface area contributed by atoms with Crippen LogP contribution in [0.4, 0.5) is 0 Å². The third-order valence-electron chi connectivity index (χ3n) is 2.63. The van der Waals surface area contributed by atoms with E-state index in [0.29, 0.717) is 0 Å². The van der Waals surface area contributed by atoms with Gasteiger partial charge in [0.1, 0.15) is 0 Å². The van der Waals surface area contributed by atoms with Gasteiger partial charge in [-0.1, -0.05) is 32.7 Å². The summed E-state index contributed by atoms with van der Waals surface area (Å²) in [6.45, 7) is 15.7. The van der Waals surface area contributed by atoms with Crippen LogP contribution in [0.5, 0.6) is 0 Å². The first-order valence-electron chi connectivity index (χ1n) is 4.79. The summed E-state index contributed by atoms with van der Waals surface area (Å²) in [5, 5.41) is 0. The lowest BCUT2D eigenvalue weighted by molar-refractivity contribution is 1.13. The molecule has 72 valence electrons. The Labute approximate surface area is 86.3 Å². The molecular formula is C14H16. The molecule has 0 unspecified atom stereocenters. The molecule has 0 heteroatoms. The lowest BCUT2D eigenvalue weighted by atomic mass is 10.0. The highest BCUT2D eigenvalue weighted by atomic mass is 14.2. The zero-order valence-corrected chi connectivity index (χ0v) is 8.98. The smallest absolute Gasteiger partial charge is 0.0227 e. The maximum absolute atomic E-state index is 4.07. The molecule has 0 aromatic heterocycles. The molecule has 0 bridgehead atoms. The summed E-state index contributed by atoms with van der Waals surface area (Å²) in [5.41, 5.74) is 8.67. The van der Waals surface area contributed by atoms with Gasteiger partial charge in [-0.2, -0.15) is 0 Å². The molecule has 0 radical (unpaired) electrons. The Morgan fingerprint density at radius 3 is 2.57 bits per heavy atom. The van der Waals surface area contributed by atoms with Crippen LogP contribution in [0.3, 0.4) is 0 Å². The number of hydrogen-bond donors (Lipinski definition) is 0. The third-order valence-corrected chi connectivity index (χ3v) is 2.63. The molecule has 0 atom stereocenters. The normalized spacial score (nSPS) is 15.3. The fraction of sp³-hybridized carbons (Fsp3) is 0.214. The van der Waals surface area contributed by atoms with Crippen molar-refractivity contribution in [3.05, 3.63) is 65.5 Å². The first-order chi connectivity index (χ1) is 6.65. The molecule has 0 amide bonds. The molecule has 0 aromatic carbocycles. The summed E-state index contributed by atoms with van der Waals surface area (Å²) in [7, 11) is 0. The van der Waals surface area contributed by atoms with E-state index < -0.39 is 0 Å². The molecule has 0 spiro atoms. The Kier molecular flexibility index (Phi) is 3.11. The zero-order valence-electron chi connectivity index (χ0n) is 8.98. The second-order valence-corrected chi connectivity index (χ2v) is 3.33. The molecule has 1 aliphatic rings. The predicted octanol–water partition coefficient (Wildman–Crippen LogP) is 4.11. The average Bonchev–Trinajstić information content (AvgIpc) is 2.48. The van der Waals surface area contributed by atoms with E-state index in [0.717, 1.165) is 23.1 Å². The van der Waals surface area contributed by atoms with E-state index in [1.807, 2.05) is 0 Å². The van der Waals surface area contributed by atoms with Crippen molar-refractivity contribution < 1.29 is 0 Å². The Hall–Kier alpha value is -1.52. The van der Waals surface area contributed by atoms with E-state index in [1.54, 1.807) is 6.08 Å². The molecule has 0 saturated heterocycles. The number of hydrogen-bond acceptors (Lipinski definition) is 0. The lowest BCUT2D eigenvalue weighted by Crippen LogP contribution is -1.84. The number of allylic oxidation sites excluding steroid dienone is 7. The SMILES string of the molecule is C=C=C(C=C)C1=C(C)C(=C)C(CC)=C1. The molecule has 0 aromatic rings. The van der Waals surface area contributed by atoms with E-state index >= 15 is 0 Å². The summed E-state index contributed by atoms with van der Waals surface area (Å²) in [6, 6.07) is 0. The van der Waals surface area contributed by atoms with E-state index in [4.69, 9.17) is 0 Å². The molecule has 0 saturated carbocycles. The maximum atomic E-state index is 4.07. The van der Waals surface area contributed by atoms with Gasteiger partial charge in [0.05, 0.1) is 0 Å². The Bertz CT molecular complexity index is 394. The molecule has 1 rings (SSSR count). The topological polar surface area (TPSA) is 0 Å². The highest BCUT2D eigenvalue weighted by Gasteiger charge is 2.16. The molecule has 0 nitrogen and oxygen atoms in total. The van der Waals surface area contributed by atoms with Gasteiger partial charge in [-0.15, -0.1) is 5.73 Å². The minimum atomic E-state index is 0.965. The van der Waals surface area contributed by atoms with Gasteiger partial charge >= 0.3 is 0 Å². The van der Waals surface area contributed by atoms with Crippen molar-refractivity contribution in [2.24, 2.45) is 0 Å². The second kappa shape index (κ2) is 4.13. The quantitative estimate of drug-likeness (QED) is 0.457. The van der Waals surface area contributed by atoms with E-state index in [1.165, 1.54) is 11.1 Å². The van der Waals surface area contributed by atoms with Gasteiger partial charge in [-0.05, 0) is 41.7 Å². The average molecular weight is 184 g/mol. The summed E-state index contributed by atoms with van der Waals surface area (Å²) < 4.78 is 0. The van der Waals surface area contributed by atoms with Gasteiger partial charge in [0.15, 0.2) is 0 Å². The largest absolute Gasteiger partial charge is 0.120 e. The van der Waals surface area contributed by atoms with Crippen molar-refractivity contribution in [3.8, 4) is 0 Å².